The molecule has 0 aliphatic heterocycles. The number of hydrogen-bond acceptors (Lipinski definition) is 3. The summed E-state index contributed by atoms with van der Waals surface area (Å²) in [5, 5.41) is 19.0. The second-order valence-electron chi connectivity index (χ2n) is 9.13. The number of nitrogens with zero attached hydrogens (tertiary/aromatic N) is 2. The summed E-state index contributed by atoms with van der Waals surface area (Å²) in [6.45, 7) is 2.08. The largest absolute Gasteiger partial charge is 0.481 e. The van der Waals surface area contributed by atoms with E-state index in [-0.39, 0.29) is 24.9 Å². The molecule has 0 saturated heterocycles. The van der Waals surface area contributed by atoms with Crippen LogP contribution in [-0.2, 0) is 4.79 Å². The van der Waals surface area contributed by atoms with Crippen molar-refractivity contribution >= 4 is 57.6 Å². The lowest BCUT2D eigenvalue weighted by molar-refractivity contribution is -0.136. The summed E-state index contributed by atoms with van der Waals surface area (Å²) in [6, 6.07) is 22.0. The minimum Gasteiger partial charge on any atom is -0.481 e. The van der Waals surface area contributed by atoms with E-state index in [1.807, 2.05) is 66.2 Å². The van der Waals surface area contributed by atoms with Gasteiger partial charge in [0, 0.05) is 43.6 Å². The van der Waals surface area contributed by atoms with Crippen LogP contribution in [0.4, 0.5) is 0 Å². The number of nitrogens with one attached hydrogen (secondary N) is 2. The summed E-state index contributed by atoms with van der Waals surface area (Å²) in [7, 11) is 0. The fourth-order valence-corrected chi connectivity index (χ4v) is 5.11. The van der Waals surface area contributed by atoms with Gasteiger partial charge in [0.2, 0.25) is 0 Å². The van der Waals surface area contributed by atoms with Gasteiger partial charge < -0.3 is 15.4 Å². The average Bonchev–Trinajstić information content (AvgIpc) is 3.52. The topological polar surface area (TPSA) is 100 Å². The molecular formula is C29H23Cl3N4O3. The molecule has 1 atom stereocenters. The Labute approximate surface area is 239 Å². The summed E-state index contributed by atoms with van der Waals surface area (Å²) in [6.07, 6.45) is -0.136. The number of amides is 1. The van der Waals surface area contributed by atoms with Gasteiger partial charge in [0.05, 0.1) is 29.5 Å². The molecule has 198 valence electrons. The van der Waals surface area contributed by atoms with E-state index in [4.69, 9.17) is 45.0 Å². The number of halogens is 3. The molecule has 0 unspecified atom stereocenters. The number of aromatic nitrogens is 3. The van der Waals surface area contributed by atoms with Crippen LogP contribution in [0.1, 0.15) is 35.3 Å². The molecule has 3 aromatic carbocycles. The van der Waals surface area contributed by atoms with Gasteiger partial charge in [0.15, 0.2) is 0 Å². The average molecular weight is 582 g/mol. The highest BCUT2D eigenvalue weighted by Crippen LogP contribution is 2.34. The number of hydrogen-bond donors (Lipinski definition) is 3. The number of carbonyl (C=O) groups excluding carboxylic acids is 1. The molecule has 0 radical (unpaired) electrons. The number of aliphatic carboxylic acids is 1. The van der Waals surface area contributed by atoms with Crippen LogP contribution in [0.25, 0.3) is 33.5 Å². The third kappa shape index (κ3) is 5.96. The summed E-state index contributed by atoms with van der Waals surface area (Å²) >= 11 is 18.8. The Hall–Kier alpha value is -3.78. The molecule has 2 heterocycles. The lowest BCUT2D eigenvalue weighted by Crippen LogP contribution is -2.26. The molecule has 0 saturated carbocycles. The lowest BCUT2D eigenvalue weighted by Gasteiger charge is -2.16. The van der Waals surface area contributed by atoms with E-state index >= 15 is 0 Å². The van der Waals surface area contributed by atoms with Gasteiger partial charge in [-0.05, 0) is 67.1 Å². The van der Waals surface area contributed by atoms with E-state index in [1.54, 1.807) is 18.2 Å². The number of rotatable bonds is 8. The number of benzene rings is 3. The summed E-state index contributed by atoms with van der Waals surface area (Å²) in [5.41, 5.74) is 5.47. The number of carbonyl (C=O) groups is 2. The maximum atomic E-state index is 12.4. The highest BCUT2D eigenvalue weighted by atomic mass is 35.5. The van der Waals surface area contributed by atoms with Crippen LogP contribution in [0.15, 0.2) is 72.8 Å². The molecule has 3 N–H and O–H groups in total. The SMILES string of the molecule is C[C@@H](c1ccc(C(=O)NCCC(=O)O)cc1)n1nc(-c2cc(Cl)cc(Cl)c2)cc1-c1cc2ccc(Cl)cc2[nH]1. The second-order valence-corrected chi connectivity index (χ2v) is 10.4. The molecular weight excluding hydrogens is 559 g/mol. The van der Waals surface area contributed by atoms with Crippen molar-refractivity contribution in [3.8, 4) is 22.6 Å². The number of aromatic amines is 1. The van der Waals surface area contributed by atoms with Crippen LogP contribution < -0.4 is 5.32 Å². The molecule has 39 heavy (non-hydrogen) atoms. The zero-order chi connectivity index (χ0) is 27.7. The maximum Gasteiger partial charge on any atom is 0.305 e. The highest BCUT2D eigenvalue weighted by Gasteiger charge is 2.20. The van der Waals surface area contributed by atoms with E-state index < -0.39 is 5.97 Å². The molecule has 2 aromatic heterocycles. The Morgan fingerprint density at radius 2 is 1.67 bits per heavy atom. The summed E-state index contributed by atoms with van der Waals surface area (Å²) in [4.78, 5) is 26.5. The first-order valence-electron chi connectivity index (χ1n) is 12.1. The predicted molar refractivity (Wildman–Crippen MR) is 155 cm³/mol. The van der Waals surface area contributed by atoms with Crippen molar-refractivity contribution in [2.24, 2.45) is 0 Å². The molecule has 5 aromatic rings. The summed E-state index contributed by atoms with van der Waals surface area (Å²) < 4.78 is 1.92. The monoisotopic (exact) mass is 580 g/mol. The zero-order valence-corrected chi connectivity index (χ0v) is 23.0. The Kier molecular flexibility index (Phi) is 7.66. The molecule has 10 heteroatoms. The Balaban J connectivity index is 1.52. The van der Waals surface area contributed by atoms with Crippen LogP contribution in [0.2, 0.25) is 15.1 Å². The van der Waals surface area contributed by atoms with Gasteiger partial charge in [0.1, 0.15) is 0 Å². The van der Waals surface area contributed by atoms with E-state index in [1.165, 1.54) is 0 Å². The Morgan fingerprint density at radius 3 is 2.36 bits per heavy atom. The molecule has 5 rings (SSSR count). The van der Waals surface area contributed by atoms with Gasteiger partial charge in [-0.3, -0.25) is 14.3 Å². The van der Waals surface area contributed by atoms with Crippen molar-refractivity contribution in [1.29, 1.82) is 0 Å². The van der Waals surface area contributed by atoms with Crippen molar-refractivity contribution in [3.05, 3.63) is 99.0 Å². The molecule has 1 amide bonds. The van der Waals surface area contributed by atoms with Crippen molar-refractivity contribution in [3.63, 3.8) is 0 Å². The van der Waals surface area contributed by atoms with Crippen molar-refractivity contribution in [2.75, 3.05) is 6.54 Å². The fraction of sp³-hybridized carbons (Fsp3) is 0.138. The standard InChI is InChI=1S/C29H23Cl3N4O3/c1-16(17-2-4-18(5-3-17)29(39)33-9-8-28(37)38)36-27(26-12-19-6-7-21(30)14-24(19)34-26)15-25(35-36)20-10-22(31)13-23(32)11-20/h2-7,10-16,34H,8-9H2,1H3,(H,33,39)(H,37,38)/t16-/m0/s1. The fourth-order valence-electron chi connectivity index (χ4n) is 4.41. The third-order valence-electron chi connectivity index (χ3n) is 6.40. The van der Waals surface area contributed by atoms with Crippen molar-refractivity contribution < 1.29 is 14.7 Å². The van der Waals surface area contributed by atoms with Crippen molar-refractivity contribution in [1.82, 2.24) is 20.1 Å². The Morgan fingerprint density at radius 1 is 0.949 bits per heavy atom. The molecule has 0 fully saturated rings. The molecule has 7 nitrogen and oxygen atoms in total. The van der Waals surface area contributed by atoms with Gasteiger partial charge in [-0.25, -0.2) is 0 Å². The highest BCUT2D eigenvalue weighted by molar-refractivity contribution is 6.35. The van der Waals surface area contributed by atoms with Gasteiger partial charge in [-0.2, -0.15) is 5.10 Å². The third-order valence-corrected chi connectivity index (χ3v) is 7.07. The van der Waals surface area contributed by atoms with Crippen LogP contribution in [0.5, 0.6) is 0 Å². The molecule has 0 aliphatic carbocycles. The maximum absolute atomic E-state index is 12.4. The van der Waals surface area contributed by atoms with E-state index in [0.717, 1.165) is 33.4 Å². The zero-order valence-electron chi connectivity index (χ0n) is 20.7. The van der Waals surface area contributed by atoms with E-state index in [9.17, 15) is 9.59 Å². The van der Waals surface area contributed by atoms with Gasteiger partial charge in [-0.15, -0.1) is 0 Å². The van der Waals surface area contributed by atoms with Crippen LogP contribution in [-0.4, -0.2) is 38.3 Å². The quantitative estimate of drug-likeness (QED) is 0.177. The minimum absolute atomic E-state index is 0.0645. The number of fused-ring (bicyclic) bond motifs is 1. The molecule has 0 aliphatic rings. The van der Waals surface area contributed by atoms with Crippen molar-refractivity contribution in [2.45, 2.75) is 19.4 Å². The van der Waals surface area contributed by atoms with Crippen LogP contribution in [0.3, 0.4) is 0 Å². The Bertz CT molecular complexity index is 1670. The minimum atomic E-state index is -0.966. The van der Waals surface area contributed by atoms with Gasteiger partial charge >= 0.3 is 5.97 Å². The van der Waals surface area contributed by atoms with Gasteiger partial charge in [-0.1, -0.05) is 53.0 Å². The normalized spacial score (nSPS) is 12.0. The number of H-pyrrole nitrogens is 1. The summed E-state index contributed by atoms with van der Waals surface area (Å²) in [5.74, 6) is -1.29. The smallest absolute Gasteiger partial charge is 0.305 e. The first-order chi connectivity index (χ1) is 18.7. The van der Waals surface area contributed by atoms with Gasteiger partial charge in [0.25, 0.3) is 5.91 Å². The van der Waals surface area contributed by atoms with Crippen LogP contribution >= 0.6 is 34.8 Å². The van der Waals surface area contributed by atoms with E-state index in [0.29, 0.717) is 26.3 Å². The predicted octanol–water partition coefficient (Wildman–Crippen LogP) is 7.47. The number of carboxylic acid groups (broad SMARTS) is 1. The second kappa shape index (κ2) is 11.1. The van der Waals surface area contributed by atoms with Crippen LogP contribution in [0, 0.1) is 0 Å². The lowest BCUT2D eigenvalue weighted by atomic mass is 10.1. The number of carboxylic acids is 1. The van der Waals surface area contributed by atoms with E-state index in [2.05, 4.69) is 10.3 Å². The molecule has 0 bridgehead atoms. The molecule has 0 spiro atoms. The first kappa shape index (κ1) is 26.8. The first-order valence-corrected chi connectivity index (χ1v) is 13.3.